The highest BCUT2D eigenvalue weighted by molar-refractivity contribution is 5.77. The smallest absolute Gasteiger partial charge is 0.143 e. The lowest BCUT2D eigenvalue weighted by atomic mass is 10.3. The SMILES string of the molecule is CCCN(CC(C)=O)C[C@H](C)OC. The minimum Gasteiger partial charge on any atom is -0.380 e. The number of carbonyl (C=O) groups is 1. The predicted molar refractivity (Wildman–Crippen MR) is 53.9 cm³/mol. The summed E-state index contributed by atoms with van der Waals surface area (Å²) in [6.45, 7) is 8.10. The van der Waals surface area contributed by atoms with E-state index in [0.29, 0.717) is 6.54 Å². The van der Waals surface area contributed by atoms with Crippen LogP contribution in [0.15, 0.2) is 0 Å². The summed E-state index contributed by atoms with van der Waals surface area (Å²) in [5, 5.41) is 0. The van der Waals surface area contributed by atoms with Crippen molar-refractivity contribution in [3.05, 3.63) is 0 Å². The van der Waals surface area contributed by atoms with Crippen molar-refractivity contribution in [2.45, 2.75) is 33.3 Å². The van der Waals surface area contributed by atoms with E-state index >= 15 is 0 Å². The summed E-state index contributed by atoms with van der Waals surface area (Å²) in [6.07, 6.45) is 1.27. The highest BCUT2D eigenvalue weighted by atomic mass is 16.5. The van der Waals surface area contributed by atoms with Gasteiger partial charge in [-0.05, 0) is 26.8 Å². The lowest BCUT2D eigenvalue weighted by Crippen LogP contribution is -2.35. The Morgan fingerprint density at radius 3 is 2.54 bits per heavy atom. The molecule has 0 heterocycles. The maximum Gasteiger partial charge on any atom is 0.143 e. The average molecular weight is 187 g/mol. The van der Waals surface area contributed by atoms with Crippen molar-refractivity contribution in [1.29, 1.82) is 0 Å². The fraction of sp³-hybridized carbons (Fsp3) is 0.900. The molecule has 0 saturated carbocycles. The van der Waals surface area contributed by atoms with E-state index in [1.807, 2.05) is 6.92 Å². The van der Waals surface area contributed by atoms with E-state index in [1.54, 1.807) is 14.0 Å². The average Bonchev–Trinajstić information content (AvgIpc) is 2.03. The van der Waals surface area contributed by atoms with Gasteiger partial charge in [0.15, 0.2) is 0 Å². The molecule has 13 heavy (non-hydrogen) atoms. The summed E-state index contributed by atoms with van der Waals surface area (Å²) in [6, 6.07) is 0. The molecule has 0 amide bonds. The second kappa shape index (κ2) is 7.04. The van der Waals surface area contributed by atoms with E-state index < -0.39 is 0 Å². The second-order valence-electron chi connectivity index (χ2n) is 3.48. The zero-order valence-corrected chi connectivity index (χ0v) is 9.17. The first-order valence-corrected chi connectivity index (χ1v) is 4.84. The van der Waals surface area contributed by atoms with Crippen molar-refractivity contribution in [2.75, 3.05) is 26.7 Å². The Labute approximate surface area is 81.1 Å². The molecule has 0 aromatic rings. The molecule has 0 rings (SSSR count). The first-order chi connectivity index (χ1) is 6.10. The number of nitrogens with zero attached hydrogens (tertiary/aromatic N) is 1. The van der Waals surface area contributed by atoms with Crippen LogP contribution in [0.3, 0.4) is 0 Å². The van der Waals surface area contributed by atoms with Gasteiger partial charge in [0.05, 0.1) is 12.6 Å². The Bertz CT molecular complexity index is 148. The summed E-state index contributed by atoms with van der Waals surface area (Å²) in [5.41, 5.74) is 0. The molecule has 0 aliphatic rings. The molecule has 0 fully saturated rings. The molecule has 78 valence electrons. The van der Waals surface area contributed by atoms with Gasteiger partial charge in [0.1, 0.15) is 5.78 Å². The van der Waals surface area contributed by atoms with Gasteiger partial charge < -0.3 is 4.74 Å². The molecule has 3 heteroatoms. The van der Waals surface area contributed by atoms with Crippen LogP contribution in [-0.4, -0.2) is 43.5 Å². The van der Waals surface area contributed by atoms with E-state index in [4.69, 9.17) is 4.74 Å². The zero-order valence-electron chi connectivity index (χ0n) is 9.17. The highest BCUT2D eigenvalue weighted by Crippen LogP contribution is 1.97. The fourth-order valence-corrected chi connectivity index (χ4v) is 1.30. The largest absolute Gasteiger partial charge is 0.380 e. The first-order valence-electron chi connectivity index (χ1n) is 4.84. The maximum atomic E-state index is 10.9. The van der Waals surface area contributed by atoms with Crippen molar-refractivity contribution < 1.29 is 9.53 Å². The van der Waals surface area contributed by atoms with Crippen molar-refractivity contribution in [3.8, 4) is 0 Å². The van der Waals surface area contributed by atoms with Crippen LogP contribution in [0, 0.1) is 0 Å². The molecule has 0 aromatic carbocycles. The minimum absolute atomic E-state index is 0.200. The van der Waals surface area contributed by atoms with Gasteiger partial charge in [-0.3, -0.25) is 9.69 Å². The number of Topliss-reactive ketones (excluding diaryl/α,β-unsaturated/α-hetero) is 1. The van der Waals surface area contributed by atoms with Gasteiger partial charge in [-0.25, -0.2) is 0 Å². The minimum atomic E-state index is 0.200. The molecule has 0 N–H and O–H groups in total. The normalized spacial score (nSPS) is 13.3. The summed E-state index contributed by atoms with van der Waals surface area (Å²) < 4.78 is 5.16. The molecule has 0 aliphatic carbocycles. The number of hydrogen-bond acceptors (Lipinski definition) is 3. The molecule has 0 saturated heterocycles. The number of ketones is 1. The van der Waals surface area contributed by atoms with Gasteiger partial charge in [0, 0.05) is 13.7 Å². The summed E-state index contributed by atoms with van der Waals surface area (Å²) in [5.74, 6) is 0.219. The van der Waals surface area contributed by atoms with Crippen molar-refractivity contribution in [1.82, 2.24) is 4.90 Å². The van der Waals surface area contributed by atoms with Gasteiger partial charge in [-0.2, -0.15) is 0 Å². The molecule has 1 atom stereocenters. The van der Waals surface area contributed by atoms with Crippen molar-refractivity contribution in [2.24, 2.45) is 0 Å². The Hall–Kier alpha value is -0.410. The van der Waals surface area contributed by atoms with E-state index in [9.17, 15) is 4.79 Å². The molecule has 0 spiro atoms. The number of methoxy groups -OCH3 is 1. The van der Waals surface area contributed by atoms with Crippen LogP contribution in [-0.2, 0) is 9.53 Å². The quantitative estimate of drug-likeness (QED) is 0.602. The van der Waals surface area contributed by atoms with E-state index in [2.05, 4.69) is 11.8 Å². The number of hydrogen-bond donors (Lipinski definition) is 0. The fourth-order valence-electron chi connectivity index (χ4n) is 1.30. The molecule has 0 unspecified atom stereocenters. The summed E-state index contributed by atoms with van der Waals surface area (Å²) in [4.78, 5) is 13.1. The van der Waals surface area contributed by atoms with Crippen molar-refractivity contribution in [3.63, 3.8) is 0 Å². The summed E-state index contributed by atoms with van der Waals surface area (Å²) >= 11 is 0. The van der Waals surface area contributed by atoms with E-state index in [0.717, 1.165) is 19.5 Å². The van der Waals surface area contributed by atoms with Crippen LogP contribution in [0.5, 0.6) is 0 Å². The lowest BCUT2D eigenvalue weighted by Gasteiger charge is -2.23. The van der Waals surface area contributed by atoms with Gasteiger partial charge in [0.25, 0.3) is 0 Å². The third kappa shape index (κ3) is 6.72. The van der Waals surface area contributed by atoms with Crippen LogP contribution in [0.4, 0.5) is 0 Å². The lowest BCUT2D eigenvalue weighted by molar-refractivity contribution is -0.118. The van der Waals surface area contributed by atoms with Crippen molar-refractivity contribution >= 4 is 5.78 Å². The van der Waals surface area contributed by atoms with Crippen LogP contribution in [0.25, 0.3) is 0 Å². The standard InChI is InChI=1S/C10H21NO2/c1-5-6-11(7-9(2)12)8-10(3)13-4/h10H,5-8H2,1-4H3/t10-/m0/s1. The number of carbonyl (C=O) groups excluding carboxylic acids is 1. The van der Waals surface area contributed by atoms with Gasteiger partial charge in [0.2, 0.25) is 0 Å². The maximum absolute atomic E-state index is 10.9. The van der Waals surface area contributed by atoms with E-state index in [1.165, 1.54) is 0 Å². The molecule has 3 nitrogen and oxygen atoms in total. The number of ether oxygens (including phenoxy) is 1. The molecule has 0 aromatic heterocycles. The Morgan fingerprint density at radius 2 is 2.15 bits per heavy atom. The molecular weight excluding hydrogens is 166 g/mol. The third-order valence-corrected chi connectivity index (χ3v) is 1.90. The number of rotatable bonds is 7. The van der Waals surface area contributed by atoms with Crippen LogP contribution in [0.1, 0.15) is 27.2 Å². The molecule has 0 radical (unpaired) electrons. The second-order valence-corrected chi connectivity index (χ2v) is 3.48. The molecular formula is C10H21NO2. The topological polar surface area (TPSA) is 29.5 Å². The monoisotopic (exact) mass is 187 g/mol. The Morgan fingerprint density at radius 1 is 1.54 bits per heavy atom. The van der Waals surface area contributed by atoms with Crippen LogP contribution in [0.2, 0.25) is 0 Å². The third-order valence-electron chi connectivity index (χ3n) is 1.90. The summed E-state index contributed by atoms with van der Waals surface area (Å²) in [7, 11) is 1.70. The van der Waals surface area contributed by atoms with Gasteiger partial charge in [-0.1, -0.05) is 6.92 Å². The first kappa shape index (κ1) is 12.6. The Kier molecular flexibility index (Phi) is 6.82. The van der Waals surface area contributed by atoms with Crippen LogP contribution >= 0.6 is 0 Å². The Balaban J connectivity index is 3.85. The van der Waals surface area contributed by atoms with Crippen LogP contribution < -0.4 is 0 Å². The zero-order chi connectivity index (χ0) is 10.3. The molecule has 0 aliphatic heterocycles. The van der Waals surface area contributed by atoms with E-state index in [-0.39, 0.29) is 11.9 Å². The molecule has 0 bridgehead atoms. The van der Waals surface area contributed by atoms with Gasteiger partial charge in [-0.15, -0.1) is 0 Å². The predicted octanol–water partition coefficient (Wildman–Crippen LogP) is 1.32. The van der Waals surface area contributed by atoms with Gasteiger partial charge >= 0.3 is 0 Å². The highest BCUT2D eigenvalue weighted by Gasteiger charge is 2.10.